The van der Waals surface area contributed by atoms with Crippen molar-refractivity contribution in [3.63, 3.8) is 0 Å². The largest absolute Gasteiger partial charge is 0.481 e. The van der Waals surface area contributed by atoms with Gasteiger partial charge in [-0.3, -0.25) is 9.59 Å². The van der Waals surface area contributed by atoms with Gasteiger partial charge in [-0.25, -0.2) is 4.79 Å². The number of carboxylic acids is 1. The minimum Gasteiger partial charge on any atom is -0.481 e. The molecule has 0 radical (unpaired) electrons. The number of ether oxygens (including phenoxy) is 2. The van der Waals surface area contributed by atoms with Gasteiger partial charge < -0.3 is 25.2 Å². The standard InChI is InChI=1S/C26H30N2O6/c1-2-33-17(12-24(29)27-13-16-11-22(16)25(30)31)14-28-26(32)34-15-23-20-9-5-3-7-18(20)19-8-4-6-10-21(19)23/h3-10,16-17,22-23H,2,11-15H2,1H3,(H,27,29)(H,28,32)(H,30,31). The van der Waals surface area contributed by atoms with Gasteiger partial charge in [0.1, 0.15) is 6.61 Å². The zero-order valence-electron chi connectivity index (χ0n) is 19.2. The molecular formula is C26H30N2O6. The second-order valence-electron chi connectivity index (χ2n) is 8.73. The molecule has 3 N–H and O–H groups in total. The van der Waals surface area contributed by atoms with Crippen molar-refractivity contribution in [2.24, 2.45) is 11.8 Å². The molecule has 34 heavy (non-hydrogen) atoms. The number of aliphatic carboxylic acids is 1. The van der Waals surface area contributed by atoms with Crippen LogP contribution in [0.15, 0.2) is 48.5 Å². The number of nitrogens with one attached hydrogen (secondary N) is 2. The fraction of sp³-hybridized carbons (Fsp3) is 0.423. The molecule has 2 aromatic rings. The summed E-state index contributed by atoms with van der Waals surface area (Å²) in [6.07, 6.45) is -0.398. The Morgan fingerprint density at radius 1 is 1.03 bits per heavy atom. The van der Waals surface area contributed by atoms with Crippen molar-refractivity contribution < 1.29 is 29.0 Å². The van der Waals surface area contributed by atoms with Gasteiger partial charge in [-0.15, -0.1) is 0 Å². The van der Waals surface area contributed by atoms with E-state index in [0.717, 1.165) is 22.3 Å². The SMILES string of the molecule is CCOC(CNC(=O)OCC1c2ccccc2-c2ccccc21)CC(=O)NCC1CC1C(=O)O. The highest BCUT2D eigenvalue weighted by Crippen LogP contribution is 2.44. The number of carbonyl (C=O) groups excluding carboxylic acids is 2. The van der Waals surface area contributed by atoms with Gasteiger partial charge in [0.05, 0.1) is 18.4 Å². The van der Waals surface area contributed by atoms with Gasteiger partial charge in [-0.2, -0.15) is 0 Å². The Morgan fingerprint density at radius 3 is 2.26 bits per heavy atom. The molecule has 2 aliphatic carbocycles. The molecule has 0 aromatic heterocycles. The van der Waals surface area contributed by atoms with Crippen molar-refractivity contribution in [2.45, 2.75) is 31.8 Å². The maximum Gasteiger partial charge on any atom is 0.407 e. The molecule has 0 spiro atoms. The second kappa shape index (κ2) is 10.7. The molecule has 2 aliphatic rings. The van der Waals surface area contributed by atoms with E-state index in [0.29, 0.717) is 19.6 Å². The van der Waals surface area contributed by atoms with E-state index in [1.165, 1.54) is 0 Å². The highest BCUT2D eigenvalue weighted by atomic mass is 16.5. The molecule has 0 aliphatic heterocycles. The summed E-state index contributed by atoms with van der Waals surface area (Å²) in [5.74, 6) is -1.45. The maximum absolute atomic E-state index is 12.4. The average molecular weight is 467 g/mol. The number of hydrogen-bond donors (Lipinski definition) is 3. The number of alkyl carbamates (subject to hydrolysis) is 1. The Bertz CT molecular complexity index is 1010. The highest BCUT2D eigenvalue weighted by Gasteiger charge is 2.43. The van der Waals surface area contributed by atoms with Gasteiger partial charge >= 0.3 is 12.1 Å². The summed E-state index contributed by atoms with van der Waals surface area (Å²) < 4.78 is 11.1. The van der Waals surface area contributed by atoms with E-state index in [2.05, 4.69) is 34.9 Å². The predicted molar refractivity (Wildman–Crippen MR) is 125 cm³/mol. The monoisotopic (exact) mass is 466 g/mol. The molecule has 1 saturated carbocycles. The Kier molecular flexibility index (Phi) is 7.47. The number of benzene rings is 2. The third-order valence-corrected chi connectivity index (χ3v) is 6.43. The number of fused-ring (bicyclic) bond motifs is 3. The van der Waals surface area contributed by atoms with E-state index >= 15 is 0 Å². The fourth-order valence-electron chi connectivity index (χ4n) is 4.57. The zero-order valence-corrected chi connectivity index (χ0v) is 19.2. The van der Waals surface area contributed by atoms with Crippen molar-refractivity contribution in [2.75, 3.05) is 26.3 Å². The Hall–Kier alpha value is -3.39. The van der Waals surface area contributed by atoms with Gasteiger partial charge in [0.2, 0.25) is 5.91 Å². The van der Waals surface area contributed by atoms with Crippen LogP contribution >= 0.6 is 0 Å². The molecule has 180 valence electrons. The molecule has 2 amide bonds. The molecule has 8 heteroatoms. The van der Waals surface area contributed by atoms with E-state index in [1.54, 1.807) is 0 Å². The predicted octanol–water partition coefficient (Wildman–Crippen LogP) is 3.16. The van der Waals surface area contributed by atoms with E-state index in [1.807, 2.05) is 31.2 Å². The van der Waals surface area contributed by atoms with Gasteiger partial charge in [-0.1, -0.05) is 48.5 Å². The van der Waals surface area contributed by atoms with Gasteiger partial charge in [0.15, 0.2) is 0 Å². The zero-order chi connectivity index (χ0) is 24.1. The molecule has 2 aromatic carbocycles. The number of carboxylic acid groups (broad SMARTS) is 1. The van der Waals surface area contributed by atoms with Crippen LogP contribution in [0, 0.1) is 11.8 Å². The van der Waals surface area contributed by atoms with Gasteiger partial charge in [0, 0.05) is 25.6 Å². The first-order valence-corrected chi connectivity index (χ1v) is 11.7. The van der Waals surface area contributed by atoms with E-state index in [9.17, 15) is 14.4 Å². The molecule has 0 bridgehead atoms. The summed E-state index contributed by atoms with van der Waals surface area (Å²) in [5, 5.41) is 14.4. The van der Waals surface area contributed by atoms with Crippen LogP contribution in [-0.2, 0) is 19.1 Å². The molecule has 1 fully saturated rings. The molecule has 3 unspecified atom stereocenters. The van der Waals surface area contributed by atoms with E-state index in [4.69, 9.17) is 14.6 Å². The van der Waals surface area contributed by atoms with Crippen LogP contribution in [0.4, 0.5) is 4.79 Å². The summed E-state index contributed by atoms with van der Waals surface area (Å²) >= 11 is 0. The third kappa shape index (κ3) is 5.56. The average Bonchev–Trinajstić information content (AvgIpc) is 3.56. The first-order valence-electron chi connectivity index (χ1n) is 11.7. The summed E-state index contributed by atoms with van der Waals surface area (Å²) in [7, 11) is 0. The Morgan fingerprint density at radius 2 is 1.68 bits per heavy atom. The minimum atomic E-state index is -0.821. The summed E-state index contributed by atoms with van der Waals surface area (Å²) in [4.78, 5) is 35.5. The molecule has 0 heterocycles. The summed E-state index contributed by atoms with van der Waals surface area (Å²) in [6, 6.07) is 16.3. The number of hydrogen-bond acceptors (Lipinski definition) is 5. The molecule has 8 nitrogen and oxygen atoms in total. The van der Waals surface area contributed by atoms with Crippen molar-refractivity contribution in [1.29, 1.82) is 0 Å². The van der Waals surface area contributed by atoms with Crippen LogP contribution in [-0.4, -0.2) is 55.5 Å². The van der Waals surface area contributed by atoms with Gasteiger partial charge in [-0.05, 0) is 41.5 Å². The number of amides is 2. The van der Waals surface area contributed by atoms with Crippen LogP contribution in [0.2, 0.25) is 0 Å². The van der Waals surface area contributed by atoms with Crippen molar-refractivity contribution >= 4 is 18.0 Å². The maximum atomic E-state index is 12.4. The quantitative estimate of drug-likeness (QED) is 0.469. The lowest BCUT2D eigenvalue weighted by atomic mass is 9.98. The molecule has 0 saturated heterocycles. The lowest BCUT2D eigenvalue weighted by Gasteiger charge is -2.18. The summed E-state index contributed by atoms with van der Waals surface area (Å²) in [6.45, 7) is 2.91. The van der Waals surface area contributed by atoms with E-state index in [-0.39, 0.29) is 43.2 Å². The first-order chi connectivity index (χ1) is 16.5. The lowest BCUT2D eigenvalue weighted by molar-refractivity contribution is -0.139. The topological polar surface area (TPSA) is 114 Å². The first kappa shape index (κ1) is 23.8. The summed E-state index contributed by atoms with van der Waals surface area (Å²) in [5.41, 5.74) is 4.60. The number of carbonyl (C=O) groups is 3. The Labute approximate surface area is 198 Å². The van der Waals surface area contributed by atoms with Gasteiger partial charge in [0.25, 0.3) is 0 Å². The highest BCUT2D eigenvalue weighted by molar-refractivity contribution is 5.79. The molecular weight excluding hydrogens is 436 g/mol. The van der Waals surface area contributed by atoms with Crippen LogP contribution in [0.3, 0.4) is 0 Å². The van der Waals surface area contributed by atoms with Crippen molar-refractivity contribution in [3.8, 4) is 11.1 Å². The van der Waals surface area contributed by atoms with Crippen LogP contribution in [0.5, 0.6) is 0 Å². The third-order valence-electron chi connectivity index (χ3n) is 6.43. The number of rotatable bonds is 11. The van der Waals surface area contributed by atoms with E-state index < -0.39 is 18.2 Å². The van der Waals surface area contributed by atoms with Crippen molar-refractivity contribution in [1.82, 2.24) is 10.6 Å². The van der Waals surface area contributed by atoms with Crippen molar-refractivity contribution in [3.05, 3.63) is 59.7 Å². The van der Waals surface area contributed by atoms with Crippen LogP contribution < -0.4 is 10.6 Å². The fourth-order valence-corrected chi connectivity index (χ4v) is 4.57. The molecule has 4 rings (SSSR count). The van der Waals surface area contributed by atoms with Crippen LogP contribution in [0.1, 0.15) is 36.8 Å². The normalized spacial score (nSPS) is 19.0. The smallest absolute Gasteiger partial charge is 0.407 e. The minimum absolute atomic E-state index is 0.00838. The Balaban J connectivity index is 1.24. The second-order valence-corrected chi connectivity index (χ2v) is 8.73. The molecule has 3 atom stereocenters. The van der Waals surface area contributed by atoms with Crippen LogP contribution in [0.25, 0.3) is 11.1 Å². The lowest BCUT2D eigenvalue weighted by Crippen LogP contribution is -2.38.